The first-order chi connectivity index (χ1) is 6.69. The van der Waals surface area contributed by atoms with Gasteiger partial charge in [-0.15, -0.1) is 0 Å². The molecule has 4 heteroatoms. The fourth-order valence-electron chi connectivity index (χ4n) is 1.05. The number of phenols is 2. The first-order valence-corrected chi connectivity index (χ1v) is 4.06. The molecular formula is C10H12O4. The van der Waals surface area contributed by atoms with Crippen molar-refractivity contribution < 1.29 is 20.1 Å². The Morgan fingerprint density at radius 3 is 2.57 bits per heavy atom. The lowest BCUT2D eigenvalue weighted by molar-refractivity contribution is 0.343. The molecule has 0 saturated heterocycles. The van der Waals surface area contributed by atoms with E-state index in [2.05, 4.69) is 0 Å². The zero-order valence-electron chi connectivity index (χ0n) is 7.77. The van der Waals surface area contributed by atoms with Crippen molar-refractivity contribution in [2.24, 2.45) is 0 Å². The molecule has 0 aromatic heterocycles. The fraction of sp³-hybridized carbons (Fsp3) is 0.200. The summed E-state index contributed by atoms with van der Waals surface area (Å²) < 4.78 is 4.86. The van der Waals surface area contributed by atoms with Crippen LogP contribution in [0.1, 0.15) is 5.56 Å². The van der Waals surface area contributed by atoms with Crippen molar-refractivity contribution in [2.75, 3.05) is 13.7 Å². The number of ether oxygens (including phenoxy) is 1. The van der Waals surface area contributed by atoms with Gasteiger partial charge >= 0.3 is 0 Å². The summed E-state index contributed by atoms with van der Waals surface area (Å²) in [7, 11) is 1.42. The molecule has 0 aliphatic carbocycles. The Hall–Kier alpha value is -1.68. The van der Waals surface area contributed by atoms with Crippen LogP contribution in [0.4, 0.5) is 0 Å². The van der Waals surface area contributed by atoms with Gasteiger partial charge in [-0.1, -0.05) is 12.2 Å². The van der Waals surface area contributed by atoms with Crippen LogP contribution in [0.5, 0.6) is 17.2 Å². The van der Waals surface area contributed by atoms with Crippen molar-refractivity contribution in [3.05, 3.63) is 23.8 Å². The third-order valence-corrected chi connectivity index (χ3v) is 1.73. The van der Waals surface area contributed by atoms with Gasteiger partial charge in [0.2, 0.25) is 0 Å². The van der Waals surface area contributed by atoms with Crippen LogP contribution < -0.4 is 4.74 Å². The van der Waals surface area contributed by atoms with E-state index >= 15 is 0 Å². The van der Waals surface area contributed by atoms with Crippen LogP contribution >= 0.6 is 0 Å². The molecule has 76 valence electrons. The van der Waals surface area contributed by atoms with Gasteiger partial charge in [0, 0.05) is 11.6 Å². The molecule has 0 heterocycles. The van der Waals surface area contributed by atoms with Crippen molar-refractivity contribution in [1.82, 2.24) is 0 Å². The summed E-state index contributed by atoms with van der Waals surface area (Å²) in [5.41, 5.74) is 0.480. The highest BCUT2D eigenvalue weighted by molar-refractivity contribution is 5.62. The molecule has 1 rings (SSSR count). The topological polar surface area (TPSA) is 69.9 Å². The van der Waals surface area contributed by atoms with Crippen LogP contribution in [-0.2, 0) is 0 Å². The molecule has 1 aromatic carbocycles. The normalized spacial score (nSPS) is 10.7. The molecule has 3 N–H and O–H groups in total. The standard InChI is InChI=1S/C10H12O4/c1-14-10-5-7(3-2-4-11)8(12)6-9(10)13/h2-3,5-6,11-13H,4H2,1H3/b3-2+. The third-order valence-electron chi connectivity index (χ3n) is 1.73. The summed E-state index contributed by atoms with van der Waals surface area (Å²) in [5, 5.41) is 27.2. The Morgan fingerprint density at radius 1 is 1.29 bits per heavy atom. The zero-order valence-corrected chi connectivity index (χ0v) is 7.77. The van der Waals surface area contributed by atoms with Gasteiger partial charge in [0.15, 0.2) is 11.5 Å². The predicted molar refractivity (Wildman–Crippen MR) is 52.4 cm³/mol. The average Bonchev–Trinajstić information content (AvgIpc) is 2.17. The van der Waals surface area contributed by atoms with E-state index in [-0.39, 0.29) is 23.9 Å². The lowest BCUT2D eigenvalue weighted by Gasteiger charge is -2.06. The maximum absolute atomic E-state index is 9.39. The summed E-state index contributed by atoms with van der Waals surface area (Å²) in [6, 6.07) is 2.67. The summed E-state index contributed by atoms with van der Waals surface area (Å²) in [4.78, 5) is 0. The SMILES string of the molecule is COc1cc(/C=C/CO)c(O)cc1O. The Balaban J connectivity index is 3.10. The molecule has 0 aliphatic rings. The van der Waals surface area contributed by atoms with Gasteiger partial charge < -0.3 is 20.1 Å². The van der Waals surface area contributed by atoms with Crippen LogP contribution in [0.2, 0.25) is 0 Å². The molecule has 0 unspecified atom stereocenters. The molecule has 0 spiro atoms. The predicted octanol–water partition coefficient (Wildman–Crippen LogP) is 1.11. The molecule has 0 atom stereocenters. The number of phenolic OH excluding ortho intramolecular Hbond substituents is 2. The molecule has 0 aliphatic heterocycles. The Morgan fingerprint density at radius 2 is 2.00 bits per heavy atom. The van der Waals surface area contributed by atoms with E-state index in [0.29, 0.717) is 5.56 Å². The number of hydrogen-bond donors (Lipinski definition) is 3. The minimum absolute atomic E-state index is 0.0620. The molecule has 0 amide bonds. The van der Waals surface area contributed by atoms with E-state index < -0.39 is 0 Å². The molecule has 0 fully saturated rings. The Labute approximate surface area is 81.7 Å². The monoisotopic (exact) mass is 196 g/mol. The highest BCUT2D eigenvalue weighted by Crippen LogP contribution is 2.33. The molecule has 14 heavy (non-hydrogen) atoms. The number of aliphatic hydroxyl groups is 1. The lowest BCUT2D eigenvalue weighted by atomic mass is 10.1. The molecule has 0 radical (unpaired) electrons. The van der Waals surface area contributed by atoms with Gasteiger partial charge in [0.25, 0.3) is 0 Å². The highest BCUT2D eigenvalue weighted by atomic mass is 16.5. The minimum Gasteiger partial charge on any atom is -0.507 e. The Bertz CT molecular complexity index is 344. The maximum Gasteiger partial charge on any atom is 0.161 e. The van der Waals surface area contributed by atoms with Crippen molar-refractivity contribution in [1.29, 1.82) is 0 Å². The van der Waals surface area contributed by atoms with E-state index in [0.717, 1.165) is 0 Å². The number of benzene rings is 1. The summed E-state index contributed by atoms with van der Waals surface area (Å²) in [6.07, 6.45) is 3.02. The second-order valence-electron chi connectivity index (χ2n) is 2.67. The van der Waals surface area contributed by atoms with Crippen LogP contribution in [0.25, 0.3) is 6.08 Å². The number of aliphatic hydroxyl groups excluding tert-OH is 1. The lowest BCUT2D eigenvalue weighted by Crippen LogP contribution is -1.85. The number of hydrogen-bond acceptors (Lipinski definition) is 4. The highest BCUT2D eigenvalue weighted by Gasteiger charge is 2.06. The fourth-order valence-corrected chi connectivity index (χ4v) is 1.05. The van der Waals surface area contributed by atoms with Crippen molar-refractivity contribution in [2.45, 2.75) is 0 Å². The number of aromatic hydroxyl groups is 2. The van der Waals surface area contributed by atoms with Crippen molar-refractivity contribution >= 4 is 6.08 Å². The average molecular weight is 196 g/mol. The summed E-state index contributed by atoms with van der Waals surface area (Å²) in [5.74, 6) is 0.0968. The number of rotatable bonds is 3. The smallest absolute Gasteiger partial charge is 0.161 e. The molecule has 4 nitrogen and oxygen atoms in total. The first kappa shape index (κ1) is 10.4. The minimum atomic E-state index is -0.119. The van der Waals surface area contributed by atoms with Gasteiger partial charge in [0.05, 0.1) is 13.7 Å². The largest absolute Gasteiger partial charge is 0.507 e. The molecular weight excluding hydrogens is 184 g/mol. The molecule has 0 saturated carbocycles. The summed E-state index contributed by atoms with van der Waals surface area (Å²) in [6.45, 7) is -0.109. The Kier molecular flexibility index (Phi) is 3.36. The second kappa shape index (κ2) is 4.53. The van der Waals surface area contributed by atoms with Gasteiger partial charge in [0.1, 0.15) is 5.75 Å². The van der Waals surface area contributed by atoms with E-state index in [9.17, 15) is 10.2 Å². The quantitative estimate of drug-likeness (QED) is 0.677. The maximum atomic E-state index is 9.39. The van der Waals surface area contributed by atoms with Crippen LogP contribution in [0, 0.1) is 0 Å². The molecule has 0 bridgehead atoms. The van der Waals surface area contributed by atoms with Crippen LogP contribution in [0.15, 0.2) is 18.2 Å². The second-order valence-corrected chi connectivity index (χ2v) is 2.67. The van der Waals surface area contributed by atoms with Crippen LogP contribution in [-0.4, -0.2) is 29.0 Å². The first-order valence-electron chi connectivity index (χ1n) is 4.06. The van der Waals surface area contributed by atoms with E-state index in [4.69, 9.17) is 9.84 Å². The summed E-state index contributed by atoms with van der Waals surface area (Å²) >= 11 is 0. The third kappa shape index (κ3) is 2.17. The van der Waals surface area contributed by atoms with E-state index in [1.807, 2.05) is 0 Å². The van der Waals surface area contributed by atoms with Gasteiger partial charge in [-0.2, -0.15) is 0 Å². The van der Waals surface area contributed by atoms with Crippen LogP contribution in [0.3, 0.4) is 0 Å². The van der Waals surface area contributed by atoms with Crippen molar-refractivity contribution in [3.8, 4) is 17.2 Å². The van der Waals surface area contributed by atoms with Crippen molar-refractivity contribution in [3.63, 3.8) is 0 Å². The zero-order chi connectivity index (χ0) is 10.6. The van der Waals surface area contributed by atoms with E-state index in [1.165, 1.54) is 31.4 Å². The van der Waals surface area contributed by atoms with Gasteiger partial charge in [-0.05, 0) is 6.07 Å². The van der Waals surface area contributed by atoms with Gasteiger partial charge in [-0.3, -0.25) is 0 Å². The number of methoxy groups -OCH3 is 1. The molecule has 1 aromatic rings. The van der Waals surface area contributed by atoms with E-state index in [1.54, 1.807) is 0 Å². The van der Waals surface area contributed by atoms with Gasteiger partial charge in [-0.25, -0.2) is 0 Å².